The van der Waals surface area contributed by atoms with Crippen molar-refractivity contribution in [3.63, 3.8) is 0 Å². The fourth-order valence-corrected chi connectivity index (χ4v) is 3.34. The van der Waals surface area contributed by atoms with Crippen LogP contribution in [0.1, 0.15) is 18.1 Å². The van der Waals surface area contributed by atoms with Gasteiger partial charge in [-0.15, -0.1) is 0 Å². The molecule has 4 rings (SSSR count). The predicted octanol–water partition coefficient (Wildman–Crippen LogP) is 5.42. The third-order valence-corrected chi connectivity index (χ3v) is 5.01. The summed E-state index contributed by atoms with van der Waals surface area (Å²) >= 11 is 0. The van der Waals surface area contributed by atoms with E-state index in [1.807, 2.05) is 49.4 Å². The second-order valence-electron chi connectivity index (χ2n) is 7.15. The largest absolute Gasteiger partial charge is 0.377 e. The number of ether oxygens (including phenoxy) is 1. The van der Waals surface area contributed by atoms with Crippen LogP contribution in [0.25, 0.3) is 16.9 Å². The van der Waals surface area contributed by atoms with Crippen LogP contribution in [0.4, 0.5) is 11.5 Å². The number of nitrogens with one attached hydrogen (secondary N) is 2. The number of anilines is 2. The molecule has 152 valence electrons. The van der Waals surface area contributed by atoms with Gasteiger partial charge in [0, 0.05) is 35.9 Å². The third-order valence-electron chi connectivity index (χ3n) is 5.01. The lowest BCUT2D eigenvalue weighted by Gasteiger charge is -2.11. The third kappa shape index (κ3) is 4.36. The normalized spacial score (nSPS) is 10.9. The first-order chi connectivity index (χ1) is 14.6. The van der Waals surface area contributed by atoms with Gasteiger partial charge in [-0.05, 0) is 66.9 Å². The lowest BCUT2D eigenvalue weighted by Crippen LogP contribution is -2.15. The van der Waals surface area contributed by atoms with E-state index in [2.05, 4.69) is 35.4 Å². The minimum atomic E-state index is -0.0430. The minimum Gasteiger partial charge on any atom is -0.377 e. The number of H-pyrrole nitrogens is 1. The average molecular weight is 399 g/mol. The Bertz CT molecular complexity index is 1190. The van der Waals surface area contributed by atoms with Crippen LogP contribution in [0.15, 0.2) is 83.8 Å². The molecule has 2 heterocycles. The van der Waals surface area contributed by atoms with E-state index in [0.717, 1.165) is 34.0 Å². The number of benzene rings is 2. The number of aromatic amines is 1. The molecule has 30 heavy (non-hydrogen) atoms. The Morgan fingerprint density at radius 3 is 2.60 bits per heavy atom. The molecule has 2 aromatic carbocycles. The summed E-state index contributed by atoms with van der Waals surface area (Å²) in [6.45, 7) is 5.39. The maximum Gasteiger partial charge on any atom is 0.255 e. The number of nitrogens with zero attached hydrogens (tertiary/aromatic N) is 1. The Morgan fingerprint density at radius 1 is 1.00 bits per heavy atom. The van der Waals surface area contributed by atoms with E-state index < -0.39 is 0 Å². The molecule has 0 saturated carbocycles. The van der Waals surface area contributed by atoms with Crippen molar-refractivity contribution in [2.45, 2.75) is 20.5 Å². The Kier molecular flexibility index (Phi) is 5.82. The Morgan fingerprint density at radius 2 is 1.83 bits per heavy atom. The van der Waals surface area contributed by atoms with Gasteiger partial charge in [0.05, 0.1) is 6.61 Å². The summed E-state index contributed by atoms with van der Waals surface area (Å²) in [5.41, 5.74) is 6.23. The van der Waals surface area contributed by atoms with E-state index >= 15 is 0 Å². The predicted molar refractivity (Wildman–Crippen MR) is 122 cm³/mol. The van der Waals surface area contributed by atoms with Crippen LogP contribution in [0.2, 0.25) is 0 Å². The molecule has 0 amide bonds. The molecule has 0 unspecified atom stereocenters. The van der Waals surface area contributed by atoms with Crippen molar-refractivity contribution in [3.8, 4) is 16.9 Å². The number of aryl methyl sites for hydroxylation is 1. The standard InChI is InChI=1S/C25H25N3O2/c1-3-30-17-19-8-7-18(2)23(16-19)27-24-14-13-22(26-24)20-9-11-21(12-10-20)28-15-5-4-6-25(28)29/h4-16,26-27H,3,17H2,1-2H3. The fraction of sp³-hybridized carbons (Fsp3) is 0.160. The monoisotopic (exact) mass is 399 g/mol. The van der Waals surface area contributed by atoms with Crippen LogP contribution >= 0.6 is 0 Å². The molecule has 2 N–H and O–H groups in total. The van der Waals surface area contributed by atoms with Gasteiger partial charge in [0.15, 0.2) is 0 Å². The molecule has 0 atom stereocenters. The molecule has 0 aliphatic carbocycles. The Hall–Kier alpha value is -3.57. The summed E-state index contributed by atoms with van der Waals surface area (Å²) in [4.78, 5) is 15.4. The lowest BCUT2D eigenvalue weighted by molar-refractivity contribution is 0.134. The quantitative estimate of drug-likeness (QED) is 0.436. The highest BCUT2D eigenvalue weighted by Crippen LogP contribution is 2.26. The summed E-state index contributed by atoms with van der Waals surface area (Å²) in [5.74, 6) is 0.921. The highest BCUT2D eigenvalue weighted by atomic mass is 16.5. The first-order valence-electron chi connectivity index (χ1n) is 10.1. The van der Waals surface area contributed by atoms with Gasteiger partial charge in [-0.2, -0.15) is 0 Å². The number of hydrogen-bond donors (Lipinski definition) is 2. The van der Waals surface area contributed by atoms with Gasteiger partial charge in [0.1, 0.15) is 5.82 Å². The zero-order valence-corrected chi connectivity index (χ0v) is 17.2. The molecular formula is C25H25N3O2. The van der Waals surface area contributed by atoms with E-state index in [0.29, 0.717) is 13.2 Å². The molecule has 4 aromatic rings. The van der Waals surface area contributed by atoms with Crippen LogP contribution < -0.4 is 10.9 Å². The van der Waals surface area contributed by atoms with E-state index in [1.165, 1.54) is 5.56 Å². The molecule has 0 spiro atoms. The molecule has 5 nitrogen and oxygen atoms in total. The minimum absolute atomic E-state index is 0.0430. The van der Waals surface area contributed by atoms with Gasteiger partial charge in [-0.25, -0.2) is 0 Å². The maximum absolute atomic E-state index is 12.0. The van der Waals surface area contributed by atoms with Gasteiger partial charge >= 0.3 is 0 Å². The molecule has 0 bridgehead atoms. The van der Waals surface area contributed by atoms with Crippen molar-refractivity contribution in [2.75, 3.05) is 11.9 Å². The lowest BCUT2D eigenvalue weighted by atomic mass is 10.1. The van der Waals surface area contributed by atoms with Crippen molar-refractivity contribution in [2.24, 2.45) is 0 Å². The highest BCUT2D eigenvalue weighted by Gasteiger charge is 2.06. The maximum atomic E-state index is 12.0. The molecule has 0 saturated heterocycles. The van der Waals surface area contributed by atoms with Crippen molar-refractivity contribution in [1.82, 2.24) is 9.55 Å². The van der Waals surface area contributed by atoms with E-state index in [4.69, 9.17) is 4.74 Å². The van der Waals surface area contributed by atoms with Crippen molar-refractivity contribution in [1.29, 1.82) is 0 Å². The molecule has 0 aliphatic heterocycles. The summed E-state index contributed by atoms with van der Waals surface area (Å²) in [6.07, 6.45) is 1.77. The SMILES string of the molecule is CCOCc1ccc(C)c(Nc2ccc(-c3ccc(-n4ccccc4=O)cc3)[nH]2)c1. The Labute approximate surface area is 176 Å². The molecule has 0 aliphatic rings. The van der Waals surface area contributed by atoms with Gasteiger partial charge in [-0.3, -0.25) is 9.36 Å². The van der Waals surface area contributed by atoms with Crippen LogP contribution in [0, 0.1) is 6.92 Å². The second kappa shape index (κ2) is 8.84. The molecular weight excluding hydrogens is 374 g/mol. The van der Waals surface area contributed by atoms with Crippen LogP contribution in [-0.4, -0.2) is 16.2 Å². The van der Waals surface area contributed by atoms with Gasteiger partial charge in [0.2, 0.25) is 0 Å². The zero-order chi connectivity index (χ0) is 20.9. The summed E-state index contributed by atoms with van der Waals surface area (Å²) < 4.78 is 7.15. The van der Waals surface area contributed by atoms with Gasteiger partial charge in [0.25, 0.3) is 5.56 Å². The number of hydrogen-bond acceptors (Lipinski definition) is 3. The molecule has 2 aromatic heterocycles. The molecule has 0 fully saturated rings. The fourth-order valence-electron chi connectivity index (χ4n) is 3.34. The highest BCUT2D eigenvalue weighted by molar-refractivity contribution is 5.68. The first-order valence-corrected chi connectivity index (χ1v) is 10.1. The van der Waals surface area contributed by atoms with Gasteiger partial charge < -0.3 is 15.0 Å². The van der Waals surface area contributed by atoms with Crippen molar-refractivity contribution in [3.05, 3.63) is 100 Å². The average Bonchev–Trinajstić information content (AvgIpc) is 3.23. The summed E-state index contributed by atoms with van der Waals surface area (Å²) in [7, 11) is 0. The van der Waals surface area contributed by atoms with Crippen molar-refractivity contribution < 1.29 is 4.74 Å². The van der Waals surface area contributed by atoms with E-state index in [-0.39, 0.29) is 5.56 Å². The van der Waals surface area contributed by atoms with E-state index in [1.54, 1.807) is 22.9 Å². The van der Waals surface area contributed by atoms with Crippen LogP contribution in [0.3, 0.4) is 0 Å². The topological polar surface area (TPSA) is 59.0 Å². The zero-order valence-electron chi connectivity index (χ0n) is 17.2. The number of aromatic nitrogens is 2. The molecule has 0 radical (unpaired) electrons. The van der Waals surface area contributed by atoms with Crippen LogP contribution in [0.5, 0.6) is 0 Å². The van der Waals surface area contributed by atoms with E-state index in [9.17, 15) is 4.79 Å². The number of rotatable bonds is 7. The first kappa shape index (κ1) is 19.7. The summed E-state index contributed by atoms with van der Waals surface area (Å²) in [6, 6.07) is 23.5. The molecule has 5 heteroatoms. The van der Waals surface area contributed by atoms with Crippen molar-refractivity contribution >= 4 is 11.5 Å². The summed E-state index contributed by atoms with van der Waals surface area (Å²) in [5, 5.41) is 3.47. The Balaban J connectivity index is 1.52. The smallest absolute Gasteiger partial charge is 0.255 e. The second-order valence-corrected chi connectivity index (χ2v) is 7.15. The van der Waals surface area contributed by atoms with Crippen LogP contribution in [-0.2, 0) is 11.3 Å². The number of pyridine rings is 1. The van der Waals surface area contributed by atoms with Gasteiger partial charge in [-0.1, -0.05) is 30.3 Å².